The molecule has 0 radical (unpaired) electrons. The van der Waals surface area contributed by atoms with Gasteiger partial charge in [-0.3, -0.25) is 9.78 Å². The average molecular weight is 419 g/mol. The Labute approximate surface area is 177 Å². The third-order valence-corrected chi connectivity index (χ3v) is 5.23. The number of carbonyl (C=O) groups excluding carboxylic acids is 1. The number of hydrogen-bond acceptors (Lipinski definition) is 5. The Morgan fingerprint density at radius 2 is 1.83 bits per heavy atom. The quantitative estimate of drug-likeness (QED) is 0.465. The zero-order valence-electron chi connectivity index (χ0n) is 15.9. The van der Waals surface area contributed by atoms with Gasteiger partial charge in [-0.25, -0.2) is 9.37 Å². The van der Waals surface area contributed by atoms with E-state index in [1.54, 1.807) is 29.9 Å². The van der Waals surface area contributed by atoms with Crippen LogP contribution in [-0.4, -0.2) is 15.9 Å². The number of amides is 1. The van der Waals surface area contributed by atoms with Gasteiger partial charge in [0.2, 0.25) is 0 Å². The highest BCUT2D eigenvalue weighted by Crippen LogP contribution is 2.29. The molecular formula is C23H18FN3O2S. The second-order valence-electron chi connectivity index (χ2n) is 6.49. The normalized spacial score (nSPS) is 10.6. The molecule has 5 nitrogen and oxygen atoms in total. The van der Waals surface area contributed by atoms with E-state index in [4.69, 9.17) is 4.74 Å². The lowest BCUT2D eigenvalue weighted by molar-refractivity contribution is 0.0946. The van der Waals surface area contributed by atoms with Crippen LogP contribution in [0.5, 0.6) is 5.75 Å². The van der Waals surface area contributed by atoms with Gasteiger partial charge in [-0.05, 0) is 35.4 Å². The van der Waals surface area contributed by atoms with Gasteiger partial charge in [0.15, 0.2) is 0 Å². The molecule has 0 fully saturated rings. The molecule has 0 atom stereocenters. The van der Waals surface area contributed by atoms with Gasteiger partial charge in [-0.15, -0.1) is 11.3 Å². The van der Waals surface area contributed by atoms with Gasteiger partial charge < -0.3 is 10.1 Å². The Hall–Kier alpha value is -3.58. The molecule has 0 aliphatic heterocycles. The van der Waals surface area contributed by atoms with Crippen LogP contribution in [0, 0.1) is 5.82 Å². The summed E-state index contributed by atoms with van der Waals surface area (Å²) in [6, 6.07) is 18.0. The Kier molecular flexibility index (Phi) is 6.10. The Bertz CT molecular complexity index is 1130. The monoisotopic (exact) mass is 419 g/mol. The third kappa shape index (κ3) is 4.87. The first kappa shape index (κ1) is 19.7. The molecule has 0 bridgehead atoms. The van der Waals surface area contributed by atoms with Crippen molar-refractivity contribution in [1.29, 1.82) is 0 Å². The van der Waals surface area contributed by atoms with Gasteiger partial charge in [0.25, 0.3) is 5.91 Å². The van der Waals surface area contributed by atoms with Crippen LogP contribution >= 0.6 is 11.3 Å². The van der Waals surface area contributed by atoms with Crippen LogP contribution in [-0.2, 0) is 13.2 Å². The van der Waals surface area contributed by atoms with Crippen molar-refractivity contribution < 1.29 is 13.9 Å². The molecule has 4 rings (SSSR count). The van der Waals surface area contributed by atoms with Gasteiger partial charge in [-0.2, -0.15) is 0 Å². The topological polar surface area (TPSA) is 64.1 Å². The summed E-state index contributed by atoms with van der Waals surface area (Å²) < 4.78 is 20.3. The summed E-state index contributed by atoms with van der Waals surface area (Å²) in [6.45, 7) is 0.731. The van der Waals surface area contributed by atoms with E-state index < -0.39 is 5.82 Å². The standard InChI is InChI=1S/C23H18FN3O2S/c24-20-12-18(29-14-17-4-2-1-3-5-17)6-7-19(20)23-27-21(15-30-23)22(28)26-13-16-8-10-25-11-9-16/h1-12,15H,13-14H2,(H,26,28). The summed E-state index contributed by atoms with van der Waals surface area (Å²) in [4.78, 5) is 20.6. The predicted molar refractivity (Wildman–Crippen MR) is 114 cm³/mol. The number of nitrogens with one attached hydrogen (secondary N) is 1. The van der Waals surface area contributed by atoms with Crippen LogP contribution in [0.25, 0.3) is 10.6 Å². The fourth-order valence-corrected chi connectivity index (χ4v) is 3.60. The largest absolute Gasteiger partial charge is 0.489 e. The number of aromatic nitrogens is 2. The summed E-state index contributed by atoms with van der Waals surface area (Å²) in [6.07, 6.45) is 3.33. The molecular weight excluding hydrogens is 401 g/mol. The zero-order chi connectivity index (χ0) is 20.8. The number of benzene rings is 2. The van der Waals surface area contributed by atoms with Gasteiger partial charge in [0, 0.05) is 35.9 Å². The van der Waals surface area contributed by atoms with Crippen molar-refractivity contribution in [3.63, 3.8) is 0 Å². The maximum absolute atomic E-state index is 14.6. The van der Waals surface area contributed by atoms with E-state index in [-0.39, 0.29) is 11.6 Å². The Morgan fingerprint density at radius 1 is 1.03 bits per heavy atom. The molecule has 0 saturated carbocycles. The maximum Gasteiger partial charge on any atom is 0.271 e. The second kappa shape index (κ2) is 9.28. The fourth-order valence-electron chi connectivity index (χ4n) is 2.78. The molecule has 0 unspecified atom stereocenters. The van der Waals surface area contributed by atoms with Crippen molar-refractivity contribution in [2.24, 2.45) is 0 Å². The Morgan fingerprint density at radius 3 is 2.60 bits per heavy atom. The van der Waals surface area contributed by atoms with E-state index in [0.717, 1.165) is 11.1 Å². The minimum Gasteiger partial charge on any atom is -0.489 e. The molecule has 2 heterocycles. The molecule has 150 valence electrons. The number of nitrogens with zero attached hydrogens (tertiary/aromatic N) is 2. The molecule has 7 heteroatoms. The number of thiazole rings is 1. The summed E-state index contributed by atoms with van der Waals surface area (Å²) >= 11 is 1.22. The van der Waals surface area contributed by atoms with Gasteiger partial charge in [-0.1, -0.05) is 30.3 Å². The highest BCUT2D eigenvalue weighted by molar-refractivity contribution is 7.13. The Balaban J connectivity index is 1.40. The molecule has 1 N–H and O–H groups in total. The highest BCUT2D eigenvalue weighted by atomic mass is 32.1. The van der Waals surface area contributed by atoms with Gasteiger partial charge in [0.05, 0.1) is 0 Å². The number of ether oxygens (including phenoxy) is 1. The predicted octanol–water partition coefficient (Wildman–Crippen LogP) is 4.85. The van der Waals surface area contributed by atoms with Crippen LogP contribution < -0.4 is 10.1 Å². The number of halogens is 1. The van der Waals surface area contributed by atoms with Crippen molar-refractivity contribution in [3.8, 4) is 16.3 Å². The van der Waals surface area contributed by atoms with Crippen LogP contribution in [0.4, 0.5) is 4.39 Å². The van der Waals surface area contributed by atoms with Gasteiger partial charge in [0.1, 0.15) is 28.9 Å². The number of carbonyl (C=O) groups is 1. The van der Waals surface area contributed by atoms with Gasteiger partial charge >= 0.3 is 0 Å². The van der Waals surface area contributed by atoms with Crippen molar-refractivity contribution in [1.82, 2.24) is 15.3 Å². The summed E-state index contributed by atoms with van der Waals surface area (Å²) in [5.41, 5.74) is 2.53. The lowest BCUT2D eigenvalue weighted by Gasteiger charge is -2.07. The van der Waals surface area contributed by atoms with E-state index in [9.17, 15) is 9.18 Å². The van der Waals surface area contributed by atoms with Crippen molar-refractivity contribution in [2.75, 3.05) is 0 Å². The van der Waals surface area contributed by atoms with E-state index in [0.29, 0.717) is 29.5 Å². The smallest absolute Gasteiger partial charge is 0.271 e. The van der Waals surface area contributed by atoms with Crippen molar-refractivity contribution in [3.05, 3.63) is 101 Å². The lowest BCUT2D eigenvalue weighted by Crippen LogP contribution is -2.23. The molecule has 0 spiro atoms. The first-order valence-corrected chi connectivity index (χ1v) is 10.2. The van der Waals surface area contributed by atoms with E-state index in [1.165, 1.54) is 17.4 Å². The van der Waals surface area contributed by atoms with E-state index in [1.807, 2.05) is 42.5 Å². The van der Waals surface area contributed by atoms with Crippen LogP contribution in [0.2, 0.25) is 0 Å². The first-order chi connectivity index (χ1) is 14.7. The molecule has 4 aromatic rings. The molecule has 2 aromatic carbocycles. The average Bonchev–Trinajstić information content (AvgIpc) is 3.27. The van der Waals surface area contributed by atoms with E-state index in [2.05, 4.69) is 15.3 Å². The number of pyridine rings is 1. The van der Waals surface area contributed by atoms with Crippen LogP contribution in [0.15, 0.2) is 78.4 Å². The minimum atomic E-state index is -0.446. The van der Waals surface area contributed by atoms with Crippen molar-refractivity contribution in [2.45, 2.75) is 13.2 Å². The van der Waals surface area contributed by atoms with Crippen molar-refractivity contribution >= 4 is 17.2 Å². The van der Waals surface area contributed by atoms with E-state index >= 15 is 0 Å². The molecule has 1 amide bonds. The second-order valence-corrected chi connectivity index (χ2v) is 7.35. The maximum atomic E-state index is 14.6. The fraction of sp³-hybridized carbons (Fsp3) is 0.0870. The molecule has 2 aromatic heterocycles. The SMILES string of the molecule is O=C(NCc1ccncc1)c1csc(-c2ccc(OCc3ccccc3)cc2F)n1. The number of rotatable bonds is 7. The first-order valence-electron chi connectivity index (χ1n) is 9.28. The third-order valence-electron chi connectivity index (χ3n) is 4.36. The molecule has 0 aliphatic carbocycles. The molecule has 0 saturated heterocycles. The zero-order valence-corrected chi connectivity index (χ0v) is 16.7. The lowest BCUT2D eigenvalue weighted by atomic mass is 10.2. The van der Waals surface area contributed by atoms with Crippen LogP contribution in [0.1, 0.15) is 21.6 Å². The molecule has 30 heavy (non-hydrogen) atoms. The summed E-state index contributed by atoms with van der Waals surface area (Å²) in [5.74, 6) is -0.317. The number of hydrogen-bond donors (Lipinski definition) is 1. The van der Waals surface area contributed by atoms with Crippen LogP contribution in [0.3, 0.4) is 0 Å². The summed E-state index contributed by atoms with van der Waals surface area (Å²) in [5, 5.41) is 4.86. The molecule has 0 aliphatic rings. The summed E-state index contributed by atoms with van der Waals surface area (Å²) in [7, 11) is 0. The highest BCUT2D eigenvalue weighted by Gasteiger charge is 2.15. The minimum absolute atomic E-state index is 0.257.